The number of benzene rings is 1. The Morgan fingerprint density at radius 2 is 1.80 bits per heavy atom. The number of rotatable bonds is 4. The number of methoxy groups -OCH3 is 1. The summed E-state index contributed by atoms with van der Waals surface area (Å²) in [5.41, 5.74) is 0. The molecule has 2 aliphatic heterocycles. The molecule has 5 heteroatoms. The summed E-state index contributed by atoms with van der Waals surface area (Å²) in [6.45, 7) is 1.69. The van der Waals surface area contributed by atoms with Crippen molar-refractivity contribution in [1.82, 2.24) is 0 Å². The summed E-state index contributed by atoms with van der Waals surface area (Å²) in [6.07, 6.45) is 1.80. The van der Waals surface area contributed by atoms with Crippen molar-refractivity contribution in [1.29, 1.82) is 0 Å². The Bertz CT molecular complexity index is 482. The van der Waals surface area contributed by atoms with E-state index in [9.17, 15) is 5.11 Å². The van der Waals surface area contributed by atoms with Crippen molar-refractivity contribution in [2.45, 2.75) is 37.6 Å². The van der Waals surface area contributed by atoms with Crippen molar-refractivity contribution in [3.8, 4) is 11.5 Å². The van der Waals surface area contributed by atoms with Crippen LogP contribution in [0.4, 0.5) is 0 Å². The van der Waals surface area contributed by atoms with Gasteiger partial charge in [0.1, 0.15) is 29.8 Å². The van der Waals surface area contributed by atoms with Crippen LogP contribution in [-0.4, -0.2) is 42.9 Å². The molecule has 2 aliphatic rings. The molecule has 5 atom stereocenters. The lowest BCUT2D eigenvalue weighted by molar-refractivity contribution is -0.0555. The van der Waals surface area contributed by atoms with E-state index in [4.69, 9.17) is 18.9 Å². The van der Waals surface area contributed by atoms with Crippen molar-refractivity contribution in [2.24, 2.45) is 0 Å². The largest absolute Gasteiger partial charge is 0.497 e. The average Bonchev–Trinajstić information content (AvgIpc) is 2.81. The SMILES string of the molecule is COc1ccc(O[C@@H]2C=C[C@H]3O[C@H]([C@@H](C)O)[C@@H]2O3)cc1. The third kappa shape index (κ3) is 2.52. The quantitative estimate of drug-likeness (QED) is 0.846. The van der Waals surface area contributed by atoms with Gasteiger partial charge in [-0.25, -0.2) is 0 Å². The molecule has 1 fully saturated rings. The molecular weight excluding hydrogens is 260 g/mol. The molecule has 0 aliphatic carbocycles. The van der Waals surface area contributed by atoms with Crippen molar-refractivity contribution in [2.75, 3.05) is 7.11 Å². The summed E-state index contributed by atoms with van der Waals surface area (Å²) in [6, 6.07) is 7.35. The van der Waals surface area contributed by atoms with E-state index in [0.717, 1.165) is 11.5 Å². The van der Waals surface area contributed by atoms with Crippen molar-refractivity contribution in [3.63, 3.8) is 0 Å². The molecular formula is C15H18O5. The van der Waals surface area contributed by atoms with E-state index in [1.165, 1.54) is 0 Å². The lowest BCUT2D eigenvalue weighted by Gasteiger charge is -2.27. The molecule has 1 aromatic carbocycles. The fourth-order valence-corrected chi connectivity index (χ4v) is 2.47. The summed E-state index contributed by atoms with van der Waals surface area (Å²) in [4.78, 5) is 0. The Hall–Kier alpha value is -1.56. The van der Waals surface area contributed by atoms with Gasteiger partial charge < -0.3 is 24.1 Å². The highest BCUT2D eigenvalue weighted by Gasteiger charge is 2.45. The highest BCUT2D eigenvalue weighted by Crippen LogP contribution is 2.32. The Kier molecular flexibility index (Phi) is 3.65. The van der Waals surface area contributed by atoms with Gasteiger partial charge in [-0.3, -0.25) is 0 Å². The summed E-state index contributed by atoms with van der Waals surface area (Å²) >= 11 is 0. The van der Waals surface area contributed by atoms with Crippen molar-refractivity contribution < 1.29 is 24.1 Å². The van der Waals surface area contributed by atoms with Crippen LogP contribution in [0.5, 0.6) is 11.5 Å². The van der Waals surface area contributed by atoms with Crippen molar-refractivity contribution in [3.05, 3.63) is 36.4 Å². The van der Waals surface area contributed by atoms with E-state index in [2.05, 4.69) is 0 Å². The van der Waals surface area contributed by atoms with Gasteiger partial charge in [0.15, 0.2) is 6.29 Å². The van der Waals surface area contributed by atoms with Crippen LogP contribution in [0.1, 0.15) is 6.92 Å². The Labute approximate surface area is 117 Å². The van der Waals surface area contributed by atoms with Crippen LogP contribution in [0, 0.1) is 0 Å². The summed E-state index contributed by atoms with van der Waals surface area (Å²) < 4.78 is 22.3. The number of aliphatic hydroxyl groups is 1. The van der Waals surface area contributed by atoms with E-state index in [1.54, 1.807) is 14.0 Å². The lowest BCUT2D eigenvalue weighted by Crippen LogP contribution is -2.43. The van der Waals surface area contributed by atoms with E-state index in [0.29, 0.717) is 0 Å². The number of ether oxygens (including phenoxy) is 4. The van der Waals surface area contributed by atoms with E-state index in [-0.39, 0.29) is 24.6 Å². The average molecular weight is 278 g/mol. The predicted molar refractivity (Wildman–Crippen MR) is 71.8 cm³/mol. The summed E-state index contributed by atoms with van der Waals surface area (Å²) in [7, 11) is 1.62. The number of fused-ring (bicyclic) bond motifs is 2. The molecule has 5 nitrogen and oxygen atoms in total. The third-order valence-electron chi connectivity index (χ3n) is 3.50. The minimum absolute atomic E-state index is 0.276. The zero-order chi connectivity index (χ0) is 14.1. The highest BCUT2D eigenvalue weighted by atomic mass is 16.7. The highest BCUT2D eigenvalue weighted by molar-refractivity contribution is 5.31. The molecule has 2 bridgehead atoms. The molecule has 3 rings (SSSR count). The van der Waals surface area contributed by atoms with Gasteiger partial charge in [-0.05, 0) is 43.3 Å². The first-order valence-corrected chi connectivity index (χ1v) is 6.65. The van der Waals surface area contributed by atoms with Gasteiger partial charge in [-0.15, -0.1) is 0 Å². The zero-order valence-corrected chi connectivity index (χ0v) is 11.4. The van der Waals surface area contributed by atoms with Gasteiger partial charge in [0.25, 0.3) is 0 Å². The number of hydrogen-bond donors (Lipinski definition) is 1. The summed E-state index contributed by atoms with van der Waals surface area (Å²) in [5.74, 6) is 1.50. The molecule has 1 aromatic rings. The fourth-order valence-electron chi connectivity index (χ4n) is 2.47. The first-order valence-electron chi connectivity index (χ1n) is 6.65. The minimum Gasteiger partial charge on any atom is -0.497 e. The summed E-state index contributed by atoms with van der Waals surface area (Å²) in [5, 5.41) is 9.75. The molecule has 1 N–H and O–H groups in total. The maximum Gasteiger partial charge on any atom is 0.178 e. The number of hydrogen-bond acceptors (Lipinski definition) is 5. The maximum absolute atomic E-state index is 9.75. The first kappa shape index (κ1) is 13.4. The Balaban J connectivity index is 1.73. The van der Waals surface area contributed by atoms with Gasteiger partial charge in [0, 0.05) is 0 Å². The van der Waals surface area contributed by atoms with Crippen molar-refractivity contribution >= 4 is 0 Å². The Morgan fingerprint density at radius 3 is 2.45 bits per heavy atom. The van der Waals surface area contributed by atoms with E-state index in [1.807, 2.05) is 36.4 Å². The molecule has 0 aromatic heterocycles. The molecule has 0 spiro atoms. The standard InChI is InChI=1S/C15H18O5/c1-9(16)14-15-12(7-8-13(19-14)20-15)18-11-5-3-10(17-2)4-6-11/h3-9,12-16H,1-2H3/t9-,12-,13+,14-,15-/m1/s1. The van der Waals surface area contributed by atoms with Gasteiger partial charge in [0.2, 0.25) is 0 Å². The van der Waals surface area contributed by atoms with Gasteiger partial charge in [-0.1, -0.05) is 0 Å². The third-order valence-corrected chi connectivity index (χ3v) is 3.50. The second kappa shape index (κ2) is 5.44. The second-order valence-corrected chi connectivity index (χ2v) is 4.95. The normalized spacial score (nSPS) is 33.0. The predicted octanol–water partition coefficient (Wildman–Crippen LogP) is 1.50. The molecule has 0 radical (unpaired) electrons. The molecule has 0 amide bonds. The van der Waals surface area contributed by atoms with Crippen LogP contribution in [0.25, 0.3) is 0 Å². The molecule has 2 heterocycles. The van der Waals surface area contributed by atoms with E-state index >= 15 is 0 Å². The Morgan fingerprint density at radius 1 is 1.10 bits per heavy atom. The molecule has 1 saturated heterocycles. The van der Waals surface area contributed by atoms with Crippen LogP contribution in [-0.2, 0) is 9.47 Å². The van der Waals surface area contributed by atoms with Gasteiger partial charge in [0.05, 0.1) is 13.2 Å². The monoisotopic (exact) mass is 278 g/mol. The van der Waals surface area contributed by atoms with Gasteiger partial charge >= 0.3 is 0 Å². The second-order valence-electron chi connectivity index (χ2n) is 4.95. The van der Waals surface area contributed by atoms with Gasteiger partial charge in [-0.2, -0.15) is 0 Å². The van der Waals surface area contributed by atoms with Crippen LogP contribution in [0.15, 0.2) is 36.4 Å². The number of aliphatic hydroxyl groups excluding tert-OH is 1. The smallest absolute Gasteiger partial charge is 0.178 e. The molecule has 108 valence electrons. The molecule has 0 saturated carbocycles. The van der Waals surface area contributed by atoms with Crippen LogP contribution in [0.2, 0.25) is 0 Å². The topological polar surface area (TPSA) is 57.2 Å². The lowest BCUT2D eigenvalue weighted by atomic mass is 10.0. The fraction of sp³-hybridized carbons (Fsp3) is 0.467. The van der Waals surface area contributed by atoms with Crippen LogP contribution in [0.3, 0.4) is 0 Å². The molecule has 0 unspecified atom stereocenters. The maximum atomic E-state index is 9.75. The van der Waals surface area contributed by atoms with Crippen LogP contribution >= 0.6 is 0 Å². The van der Waals surface area contributed by atoms with E-state index < -0.39 is 6.10 Å². The molecule has 20 heavy (non-hydrogen) atoms. The minimum atomic E-state index is -0.605. The van der Waals surface area contributed by atoms with Crippen LogP contribution < -0.4 is 9.47 Å². The first-order chi connectivity index (χ1) is 9.67. The zero-order valence-electron chi connectivity index (χ0n) is 11.4.